The van der Waals surface area contributed by atoms with E-state index in [9.17, 15) is 5.26 Å². The van der Waals surface area contributed by atoms with Crippen LogP contribution in [0.4, 0.5) is 5.82 Å². The molecule has 2 aromatic carbocycles. The number of anilines is 1. The van der Waals surface area contributed by atoms with Crippen molar-refractivity contribution in [3.63, 3.8) is 0 Å². The van der Waals surface area contributed by atoms with E-state index in [1.54, 1.807) is 18.6 Å². The van der Waals surface area contributed by atoms with Gasteiger partial charge in [0, 0.05) is 29.8 Å². The van der Waals surface area contributed by atoms with Gasteiger partial charge in [-0.2, -0.15) is 10.4 Å². The minimum absolute atomic E-state index is 0.194. The minimum atomic E-state index is 0.194. The molecule has 5 aromatic rings. The Balaban J connectivity index is 1.65. The van der Waals surface area contributed by atoms with E-state index in [0.717, 1.165) is 27.7 Å². The van der Waals surface area contributed by atoms with Gasteiger partial charge >= 0.3 is 0 Å². The van der Waals surface area contributed by atoms with Gasteiger partial charge in [-0.25, -0.2) is 15.0 Å². The number of rotatable bonds is 5. The Morgan fingerprint density at radius 3 is 2.69 bits per heavy atom. The number of H-pyrrole nitrogens is 1. The maximum Gasteiger partial charge on any atom is 0.183 e. The second kappa shape index (κ2) is 8.13. The maximum absolute atomic E-state index is 9.79. The number of fused-ring (bicyclic) bond motifs is 1. The number of aromatic nitrogens is 6. The van der Waals surface area contributed by atoms with Crippen LogP contribution in [0.3, 0.4) is 0 Å². The Kier molecular flexibility index (Phi) is 5.01. The number of hydrogen-bond donors (Lipinski definition) is 2. The summed E-state index contributed by atoms with van der Waals surface area (Å²) < 4.78 is 1.86. The highest BCUT2D eigenvalue weighted by molar-refractivity contribution is 6.35. The van der Waals surface area contributed by atoms with E-state index in [4.69, 9.17) is 16.6 Å². The van der Waals surface area contributed by atoms with E-state index in [2.05, 4.69) is 31.6 Å². The van der Waals surface area contributed by atoms with E-state index in [1.807, 2.05) is 54.2 Å². The largest absolute Gasteiger partial charge is 0.362 e. The lowest BCUT2D eigenvalue weighted by Gasteiger charge is -2.13. The van der Waals surface area contributed by atoms with Crippen molar-refractivity contribution in [2.45, 2.75) is 6.54 Å². The zero-order valence-corrected chi connectivity index (χ0v) is 17.8. The number of imidazole rings is 1. The first kappa shape index (κ1) is 19.7. The first-order valence-electron chi connectivity index (χ1n) is 9.83. The number of nitrogens with zero attached hydrogens (tertiary/aromatic N) is 6. The number of halogens is 1. The van der Waals surface area contributed by atoms with Crippen molar-refractivity contribution < 1.29 is 0 Å². The monoisotopic (exact) mass is 440 g/mol. The molecule has 8 nitrogen and oxygen atoms in total. The number of nitriles is 1. The molecule has 0 saturated carbocycles. The maximum atomic E-state index is 9.79. The molecule has 0 fully saturated rings. The van der Waals surface area contributed by atoms with E-state index in [1.165, 1.54) is 0 Å². The number of nitrogens with one attached hydrogen (secondary N) is 2. The molecule has 5 rings (SSSR count). The van der Waals surface area contributed by atoms with Crippen LogP contribution in [0.15, 0.2) is 61.2 Å². The molecule has 156 valence electrons. The van der Waals surface area contributed by atoms with Gasteiger partial charge < -0.3 is 9.88 Å². The molecule has 0 aliphatic carbocycles. The lowest BCUT2D eigenvalue weighted by molar-refractivity contribution is 0.912. The number of aryl methyl sites for hydroxylation is 1. The third-order valence-corrected chi connectivity index (χ3v) is 5.32. The Labute approximate surface area is 188 Å². The molecule has 0 aliphatic heterocycles. The molecule has 0 radical (unpaired) electrons. The summed E-state index contributed by atoms with van der Waals surface area (Å²) in [4.78, 5) is 13.8. The Morgan fingerprint density at radius 2 is 1.94 bits per heavy atom. The Morgan fingerprint density at radius 1 is 1.12 bits per heavy atom. The highest BCUT2D eigenvalue weighted by Gasteiger charge is 2.18. The van der Waals surface area contributed by atoms with E-state index in [0.29, 0.717) is 28.8 Å². The predicted octanol–water partition coefficient (Wildman–Crippen LogP) is 4.56. The van der Waals surface area contributed by atoms with Crippen molar-refractivity contribution in [3.8, 4) is 28.6 Å². The molecule has 0 unspecified atom stereocenters. The Hall–Kier alpha value is -4.22. The highest BCUT2D eigenvalue weighted by atomic mass is 35.5. The Bertz CT molecular complexity index is 1460. The molecule has 0 atom stereocenters. The molecule has 0 bridgehead atoms. The fraction of sp³-hybridized carbons (Fsp3) is 0.0870. The average Bonchev–Trinajstić information content (AvgIpc) is 3.46. The van der Waals surface area contributed by atoms with Gasteiger partial charge in [0.25, 0.3) is 0 Å². The smallest absolute Gasteiger partial charge is 0.183 e. The lowest BCUT2D eigenvalue weighted by Crippen LogP contribution is -2.08. The molecule has 32 heavy (non-hydrogen) atoms. The summed E-state index contributed by atoms with van der Waals surface area (Å²) in [5.74, 6) is 0.399. The third-order valence-electron chi connectivity index (χ3n) is 5.02. The normalized spacial score (nSPS) is 10.9. The molecular formula is C23H17ClN8. The molecule has 3 heterocycles. The first-order chi connectivity index (χ1) is 15.6. The average molecular weight is 441 g/mol. The fourth-order valence-electron chi connectivity index (χ4n) is 3.52. The van der Waals surface area contributed by atoms with Crippen molar-refractivity contribution in [1.82, 2.24) is 29.7 Å². The quantitative estimate of drug-likeness (QED) is 0.414. The number of aromatic amines is 1. The minimum Gasteiger partial charge on any atom is -0.362 e. The summed E-state index contributed by atoms with van der Waals surface area (Å²) >= 11 is 6.47. The van der Waals surface area contributed by atoms with Crippen LogP contribution in [0, 0.1) is 11.3 Å². The third kappa shape index (κ3) is 3.66. The molecule has 9 heteroatoms. The van der Waals surface area contributed by atoms with Crippen LogP contribution < -0.4 is 5.32 Å². The number of hydrogen-bond acceptors (Lipinski definition) is 6. The molecule has 2 N–H and O–H groups in total. The van der Waals surface area contributed by atoms with Crippen molar-refractivity contribution in [2.24, 2.45) is 7.05 Å². The zero-order chi connectivity index (χ0) is 22.1. The van der Waals surface area contributed by atoms with Crippen LogP contribution in [0.2, 0.25) is 5.02 Å². The summed E-state index contributed by atoms with van der Waals surface area (Å²) in [6.45, 7) is 0.421. The summed E-state index contributed by atoms with van der Waals surface area (Å²) in [6.07, 6.45) is 5.33. The van der Waals surface area contributed by atoms with Gasteiger partial charge in [-0.3, -0.25) is 5.10 Å². The second-order valence-electron chi connectivity index (χ2n) is 7.27. The van der Waals surface area contributed by atoms with Gasteiger partial charge in [0.1, 0.15) is 6.07 Å². The van der Waals surface area contributed by atoms with Gasteiger partial charge in [0.05, 0.1) is 46.7 Å². The van der Waals surface area contributed by atoms with E-state index < -0.39 is 0 Å². The fourth-order valence-corrected chi connectivity index (χ4v) is 3.79. The van der Waals surface area contributed by atoms with Crippen LogP contribution in [0.5, 0.6) is 0 Å². The standard InChI is InChI=1S/C23H17ClN8/c1-32-12-17(27-13-32)11-26-23-19(9-25)29-22(21(30-23)14-5-3-2-4-6-14)15-7-16-10-28-31-20(16)18(24)8-15/h2-8,10,12-13H,11H2,1H3,(H,26,30)(H,28,31). The molecular weight excluding hydrogens is 424 g/mol. The molecule has 0 saturated heterocycles. The van der Waals surface area contributed by atoms with Crippen molar-refractivity contribution in [3.05, 3.63) is 77.6 Å². The predicted molar refractivity (Wildman–Crippen MR) is 123 cm³/mol. The molecule has 0 amide bonds. The van der Waals surface area contributed by atoms with Crippen LogP contribution in [-0.4, -0.2) is 29.7 Å². The summed E-state index contributed by atoms with van der Waals surface area (Å²) in [5, 5.41) is 21.3. The highest BCUT2D eigenvalue weighted by Crippen LogP contribution is 2.35. The molecule has 0 spiro atoms. The second-order valence-corrected chi connectivity index (χ2v) is 7.68. The van der Waals surface area contributed by atoms with Crippen LogP contribution in [0.25, 0.3) is 33.4 Å². The SMILES string of the molecule is Cn1cnc(CNc2nc(-c3ccccc3)c(-c3cc(Cl)c4[nH]ncc4c3)nc2C#N)c1. The molecule has 0 aliphatic rings. The van der Waals surface area contributed by atoms with Crippen molar-refractivity contribution in [1.29, 1.82) is 5.26 Å². The van der Waals surface area contributed by atoms with Crippen molar-refractivity contribution in [2.75, 3.05) is 5.32 Å². The summed E-state index contributed by atoms with van der Waals surface area (Å²) in [5.41, 5.74) is 4.62. The van der Waals surface area contributed by atoms with Crippen LogP contribution >= 0.6 is 11.6 Å². The first-order valence-corrected chi connectivity index (χ1v) is 10.2. The number of benzene rings is 2. The van der Waals surface area contributed by atoms with Gasteiger partial charge in [-0.05, 0) is 12.1 Å². The molecule has 3 aromatic heterocycles. The van der Waals surface area contributed by atoms with Gasteiger partial charge in [0.2, 0.25) is 0 Å². The lowest BCUT2D eigenvalue weighted by atomic mass is 10.0. The topological polar surface area (TPSA) is 108 Å². The van der Waals surface area contributed by atoms with Gasteiger partial charge in [-0.1, -0.05) is 41.9 Å². The van der Waals surface area contributed by atoms with Crippen molar-refractivity contribution >= 4 is 28.3 Å². The van der Waals surface area contributed by atoms with Gasteiger partial charge in [0.15, 0.2) is 11.5 Å². The summed E-state index contributed by atoms with van der Waals surface area (Å²) in [7, 11) is 1.90. The summed E-state index contributed by atoms with van der Waals surface area (Å²) in [6, 6.07) is 15.6. The van der Waals surface area contributed by atoms with E-state index in [-0.39, 0.29) is 5.69 Å². The van der Waals surface area contributed by atoms with E-state index >= 15 is 0 Å². The van der Waals surface area contributed by atoms with Crippen LogP contribution in [-0.2, 0) is 13.6 Å². The zero-order valence-electron chi connectivity index (χ0n) is 17.0. The van der Waals surface area contributed by atoms with Gasteiger partial charge in [-0.15, -0.1) is 0 Å². The van der Waals surface area contributed by atoms with Crippen LogP contribution in [0.1, 0.15) is 11.4 Å².